The summed E-state index contributed by atoms with van der Waals surface area (Å²) < 4.78 is 0. The van der Waals surface area contributed by atoms with Gasteiger partial charge in [0, 0.05) is 29.2 Å². The van der Waals surface area contributed by atoms with Gasteiger partial charge in [-0.15, -0.1) is 0 Å². The summed E-state index contributed by atoms with van der Waals surface area (Å²) in [5.41, 5.74) is 4.43. The van der Waals surface area contributed by atoms with Crippen molar-refractivity contribution in [3.8, 4) is 5.75 Å². The molecule has 0 radical (unpaired) electrons. The van der Waals surface area contributed by atoms with Crippen molar-refractivity contribution < 1.29 is 15.0 Å². The first-order valence-electron chi connectivity index (χ1n) is 13.6. The minimum Gasteiger partial charge on any atom is -0.508 e. The number of carbonyl (C=O) groups excluding carboxylic acids is 1. The summed E-state index contributed by atoms with van der Waals surface area (Å²) >= 11 is 0. The van der Waals surface area contributed by atoms with Crippen LogP contribution in [0.2, 0.25) is 0 Å². The van der Waals surface area contributed by atoms with Crippen LogP contribution in [0.4, 0.5) is 0 Å². The lowest BCUT2D eigenvalue weighted by Gasteiger charge is -2.58. The second kappa shape index (κ2) is 7.93. The smallest absolute Gasteiger partial charge is 0.261 e. The molecule has 3 aliphatic heterocycles. The van der Waals surface area contributed by atoms with Gasteiger partial charge < -0.3 is 25.0 Å². The largest absolute Gasteiger partial charge is 0.508 e. The molecule has 2 aliphatic carbocycles. The predicted molar refractivity (Wildman–Crippen MR) is 135 cm³/mol. The average molecular weight is 490 g/mol. The molecule has 2 aromatic rings. The molecule has 1 aromatic heterocycles. The maximum Gasteiger partial charge on any atom is 0.261 e. The van der Waals surface area contributed by atoms with Crippen LogP contribution in [0, 0.1) is 5.92 Å². The first-order valence-corrected chi connectivity index (χ1v) is 13.6. The topological polar surface area (TPSA) is 96.9 Å². The third-order valence-corrected chi connectivity index (χ3v) is 10.3. The Bertz CT molecular complexity index is 1290. The number of aromatic nitrogens is 1. The fourth-order valence-electron chi connectivity index (χ4n) is 8.60. The molecule has 36 heavy (non-hydrogen) atoms. The predicted octanol–water partition coefficient (Wildman–Crippen LogP) is 2.51. The van der Waals surface area contributed by atoms with Crippen LogP contribution in [0.15, 0.2) is 29.1 Å². The number of phenols is 1. The van der Waals surface area contributed by atoms with Crippen molar-refractivity contribution in [1.29, 1.82) is 0 Å². The van der Waals surface area contributed by atoms with Crippen LogP contribution < -0.4 is 5.56 Å². The van der Waals surface area contributed by atoms with E-state index in [1.54, 1.807) is 6.07 Å². The number of H-pyrrole nitrogens is 1. The molecule has 4 bridgehead atoms. The molecule has 6 atom stereocenters. The Labute approximate surface area is 211 Å². The number of likely N-dealkylation sites (tertiary alicyclic amines) is 1. The Balaban J connectivity index is 1.29. The van der Waals surface area contributed by atoms with Crippen LogP contribution in [0.3, 0.4) is 0 Å². The summed E-state index contributed by atoms with van der Waals surface area (Å²) in [5.74, 6) is 0.505. The number of aromatic amines is 1. The van der Waals surface area contributed by atoms with E-state index in [-0.39, 0.29) is 40.6 Å². The molecule has 3 fully saturated rings. The first kappa shape index (κ1) is 22.5. The molecule has 0 spiro atoms. The molecule has 1 aromatic carbocycles. The van der Waals surface area contributed by atoms with Gasteiger partial charge in [0.25, 0.3) is 11.5 Å². The van der Waals surface area contributed by atoms with E-state index >= 15 is 0 Å². The van der Waals surface area contributed by atoms with Crippen LogP contribution in [-0.2, 0) is 24.7 Å². The van der Waals surface area contributed by atoms with Gasteiger partial charge >= 0.3 is 0 Å². The number of benzene rings is 1. The zero-order valence-electron chi connectivity index (χ0n) is 20.9. The molecule has 190 valence electrons. The van der Waals surface area contributed by atoms with E-state index in [0.29, 0.717) is 30.6 Å². The number of rotatable bonds is 1. The molecule has 7 heteroatoms. The van der Waals surface area contributed by atoms with Crippen molar-refractivity contribution in [2.24, 2.45) is 5.92 Å². The number of nitrogens with zero attached hydrogens (tertiary/aromatic N) is 2. The van der Waals surface area contributed by atoms with Crippen molar-refractivity contribution in [3.63, 3.8) is 0 Å². The Kier molecular flexibility index (Phi) is 4.97. The lowest BCUT2D eigenvalue weighted by atomic mass is 9.52. The van der Waals surface area contributed by atoms with Gasteiger partial charge in [0.2, 0.25) is 0 Å². The van der Waals surface area contributed by atoms with Gasteiger partial charge in [-0.05, 0) is 112 Å². The number of carbonyl (C=O) groups is 1. The Morgan fingerprint density at radius 2 is 1.89 bits per heavy atom. The summed E-state index contributed by atoms with van der Waals surface area (Å²) in [6.45, 7) is 0.996. The van der Waals surface area contributed by atoms with Gasteiger partial charge in [0.1, 0.15) is 11.3 Å². The Hall–Kier alpha value is -2.64. The van der Waals surface area contributed by atoms with Crippen molar-refractivity contribution in [2.45, 2.75) is 87.4 Å². The summed E-state index contributed by atoms with van der Waals surface area (Å²) in [5, 5.41) is 20.6. The number of aliphatic hydroxyl groups excluding tert-OH is 1. The number of likely N-dealkylation sites (N-methyl/N-ethyl adjacent to an activating group) is 1. The van der Waals surface area contributed by atoms with Crippen LogP contribution >= 0.6 is 0 Å². The third-order valence-electron chi connectivity index (χ3n) is 10.3. The Morgan fingerprint density at radius 1 is 1.11 bits per heavy atom. The molecular weight excluding hydrogens is 454 g/mol. The number of phenolic OH excluding ortho intramolecular Hbond substituents is 1. The SMILES string of the molecule is CN1CCC23Cc4[nH]c(=O)c(C(=O)N5[C@@H]6CCC[C@H]5CC(O)C6)cc4C[C@H]2[C@H]1Cc1ccc(O)cc13. The molecule has 0 saturated carbocycles. The number of aromatic hydroxyl groups is 1. The molecule has 7 nitrogen and oxygen atoms in total. The number of hydrogen-bond donors (Lipinski definition) is 3. The van der Waals surface area contributed by atoms with E-state index in [1.807, 2.05) is 17.0 Å². The van der Waals surface area contributed by atoms with Gasteiger partial charge in [0.15, 0.2) is 0 Å². The Morgan fingerprint density at radius 3 is 2.67 bits per heavy atom. The molecule has 3 N–H and O–H groups in total. The standard InChI is InChI=1S/C29H35N3O4/c1-31-8-7-29-15-25-17(10-24(29)26(31)11-16-5-6-20(33)14-23(16)29)9-22(27(35)30-25)28(36)32-18-3-2-4-19(32)13-21(34)12-18/h5-6,9,14,18-19,21,24,26,33-34H,2-4,7-8,10-13,15H2,1H3,(H,30,35)/t18-,19+,21?,24-,26+,29?/m0/s1. The first-order chi connectivity index (χ1) is 17.3. The number of aliphatic hydroxyl groups is 1. The summed E-state index contributed by atoms with van der Waals surface area (Å²) in [7, 11) is 2.21. The molecule has 4 heterocycles. The maximum absolute atomic E-state index is 13.7. The highest BCUT2D eigenvalue weighted by molar-refractivity contribution is 5.94. The number of fused-ring (bicyclic) bond motifs is 4. The molecule has 5 aliphatic rings. The van der Waals surface area contributed by atoms with Gasteiger partial charge in [-0.2, -0.15) is 0 Å². The van der Waals surface area contributed by atoms with E-state index < -0.39 is 0 Å². The normalized spacial score (nSPS) is 34.9. The van der Waals surface area contributed by atoms with Crippen molar-refractivity contribution >= 4 is 5.91 Å². The number of hydrogen-bond acceptors (Lipinski definition) is 5. The minimum atomic E-state index is -0.354. The second-order valence-corrected chi connectivity index (χ2v) is 12.1. The maximum atomic E-state index is 13.7. The molecular formula is C29H35N3O4. The lowest BCUT2D eigenvalue weighted by Crippen LogP contribution is -2.62. The van der Waals surface area contributed by atoms with E-state index in [0.717, 1.165) is 62.7 Å². The monoisotopic (exact) mass is 489 g/mol. The number of pyridine rings is 1. The van der Waals surface area contributed by atoms with Gasteiger partial charge in [0.05, 0.1) is 6.10 Å². The highest BCUT2D eigenvalue weighted by atomic mass is 16.3. The van der Waals surface area contributed by atoms with Gasteiger partial charge in [-0.25, -0.2) is 0 Å². The molecule has 2 unspecified atom stereocenters. The third kappa shape index (κ3) is 3.18. The number of amides is 1. The second-order valence-electron chi connectivity index (χ2n) is 12.1. The zero-order valence-corrected chi connectivity index (χ0v) is 20.9. The van der Waals surface area contributed by atoms with Gasteiger partial charge in [-0.3, -0.25) is 9.59 Å². The van der Waals surface area contributed by atoms with E-state index in [2.05, 4.69) is 23.0 Å². The van der Waals surface area contributed by atoms with E-state index in [4.69, 9.17) is 0 Å². The van der Waals surface area contributed by atoms with E-state index in [1.165, 1.54) is 11.1 Å². The minimum absolute atomic E-state index is 0.0224. The van der Waals surface area contributed by atoms with Crippen LogP contribution in [0.5, 0.6) is 5.75 Å². The highest BCUT2D eigenvalue weighted by Crippen LogP contribution is 2.54. The summed E-state index contributed by atoms with van der Waals surface area (Å²) in [6, 6.07) is 8.14. The highest BCUT2D eigenvalue weighted by Gasteiger charge is 2.55. The van der Waals surface area contributed by atoms with Crippen molar-refractivity contribution in [3.05, 3.63) is 62.6 Å². The van der Waals surface area contributed by atoms with Crippen molar-refractivity contribution in [1.82, 2.24) is 14.8 Å². The lowest BCUT2D eigenvalue weighted by molar-refractivity contribution is -0.0152. The van der Waals surface area contributed by atoms with Crippen molar-refractivity contribution in [2.75, 3.05) is 13.6 Å². The molecule has 3 saturated heterocycles. The van der Waals surface area contributed by atoms with Crippen LogP contribution in [-0.4, -0.2) is 68.7 Å². The van der Waals surface area contributed by atoms with E-state index in [9.17, 15) is 19.8 Å². The molecule has 7 rings (SSSR count). The van der Waals surface area contributed by atoms with Crippen LogP contribution in [0.1, 0.15) is 71.3 Å². The summed E-state index contributed by atoms with van der Waals surface area (Å²) in [6.07, 6.45) is 7.23. The number of piperidine rings is 3. The average Bonchev–Trinajstić information content (AvgIpc) is 2.84. The number of nitrogens with one attached hydrogen (secondary N) is 1. The quantitative estimate of drug-likeness (QED) is 0.572. The molecule has 1 amide bonds. The fourth-order valence-corrected chi connectivity index (χ4v) is 8.60. The fraction of sp³-hybridized carbons (Fsp3) is 0.586. The van der Waals surface area contributed by atoms with Gasteiger partial charge in [-0.1, -0.05) is 6.07 Å². The summed E-state index contributed by atoms with van der Waals surface area (Å²) in [4.78, 5) is 34.6. The van der Waals surface area contributed by atoms with Crippen LogP contribution in [0.25, 0.3) is 0 Å². The zero-order chi connectivity index (χ0) is 24.8.